The molecule has 2 aromatic heterocycles. The van der Waals surface area contributed by atoms with Crippen LogP contribution in [0.3, 0.4) is 0 Å². The molecule has 0 saturated carbocycles. The van der Waals surface area contributed by atoms with E-state index in [0.29, 0.717) is 6.54 Å². The molecule has 0 aliphatic rings. The average Bonchev–Trinajstić information content (AvgIpc) is 3.20. The van der Waals surface area contributed by atoms with Gasteiger partial charge in [0.05, 0.1) is 24.5 Å². The summed E-state index contributed by atoms with van der Waals surface area (Å²) in [6, 6.07) is 10.1. The topological polar surface area (TPSA) is 84.3 Å². The summed E-state index contributed by atoms with van der Waals surface area (Å²) in [5.74, 6) is 0.782. The van der Waals surface area contributed by atoms with Crippen LogP contribution in [0.4, 0.5) is 0 Å². The van der Waals surface area contributed by atoms with E-state index in [0.717, 1.165) is 23.6 Å². The summed E-state index contributed by atoms with van der Waals surface area (Å²) in [6.45, 7) is 3.39. The van der Waals surface area contributed by atoms with Crippen LogP contribution in [0, 0.1) is 0 Å². The van der Waals surface area contributed by atoms with Crippen LogP contribution < -0.4 is 5.32 Å². The van der Waals surface area contributed by atoms with Gasteiger partial charge in [0.25, 0.3) is 0 Å². The lowest BCUT2D eigenvalue weighted by molar-refractivity contribution is 0.540. The third kappa shape index (κ3) is 3.14. The molecule has 3 aromatic rings. The van der Waals surface area contributed by atoms with Crippen molar-refractivity contribution in [3.8, 4) is 0 Å². The van der Waals surface area contributed by atoms with E-state index in [-0.39, 0.29) is 6.04 Å². The molecule has 0 saturated heterocycles. The zero-order valence-electron chi connectivity index (χ0n) is 11.8. The van der Waals surface area contributed by atoms with Gasteiger partial charge in [-0.05, 0) is 12.5 Å². The molecule has 0 spiro atoms. The maximum absolute atomic E-state index is 4.37. The van der Waals surface area contributed by atoms with Crippen molar-refractivity contribution in [3.63, 3.8) is 0 Å². The van der Waals surface area contributed by atoms with E-state index < -0.39 is 0 Å². The fourth-order valence-electron chi connectivity index (χ4n) is 2.15. The molecule has 1 aromatic carbocycles. The first kappa shape index (κ1) is 13.4. The van der Waals surface area contributed by atoms with Crippen molar-refractivity contribution in [1.82, 2.24) is 35.5 Å². The molecule has 0 aliphatic carbocycles. The van der Waals surface area contributed by atoms with Gasteiger partial charge in [-0.3, -0.25) is 10.4 Å². The van der Waals surface area contributed by atoms with Gasteiger partial charge in [0.1, 0.15) is 12.2 Å². The lowest BCUT2D eigenvalue weighted by Crippen LogP contribution is -2.23. The van der Waals surface area contributed by atoms with Crippen LogP contribution in [0.2, 0.25) is 0 Å². The maximum Gasteiger partial charge on any atom is 0.145 e. The highest BCUT2D eigenvalue weighted by Crippen LogP contribution is 2.18. The van der Waals surface area contributed by atoms with E-state index in [1.807, 2.05) is 25.1 Å². The SMILES string of the molecule is CCn1ncc(CNC(c2ccccc2)c2ncn[nH]2)n1. The van der Waals surface area contributed by atoms with Gasteiger partial charge in [-0.15, -0.1) is 0 Å². The smallest absolute Gasteiger partial charge is 0.145 e. The fraction of sp³-hybridized carbons (Fsp3) is 0.286. The highest BCUT2D eigenvalue weighted by atomic mass is 15.5. The third-order valence-corrected chi connectivity index (χ3v) is 3.19. The molecule has 1 unspecified atom stereocenters. The average molecular weight is 283 g/mol. The van der Waals surface area contributed by atoms with E-state index in [4.69, 9.17) is 0 Å². The number of H-pyrrole nitrogens is 1. The first-order valence-corrected chi connectivity index (χ1v) is 6.89. The molecule has 0 fully saturated rings. The Kier molecular flexibility index (Phi) is 4.02. The Bertz CT molecular complexity index is 660. The first-order valence-electron chi connectivity index (χ1n) is 6.89. The first-order chi connectivity index (χ1) is 10.4. The van der Waals surface area contributed by atoms with Crippen LogP contribution in [0.1, 0.15) is 30.0 Å². The van der Waals surface area contributed by atoms with Crippen molar-refractivity contribution in [2.75, 3.05) is 0 Å². The Morgan fingerprint density at radius 1 is 1.29 bits per heavy atom. The van der Waals surface area contributed by atoms with E-state index in [1.165, 1.54) is 6.33 Å². The zero-order chi connectivity index (χ0) is 14.5. The third-order valence-electron chi connectivity index (χ3n) is 3.19. The number of hydrogen-bond acceptors (Lipinski definition) is 5. The molecular weight excluding hydrogens is 266 g/mol. The van der Waals surface area contributed by atoms with Gasteiger partial charge < -0.3 is 0 Å². The maximum atomic E-state index is 4.37. The van der Waals surface area contributed by atoms with E-state index in [2.05, 4.69) is 42.8 Å². The van der Waals surface area contributed by atoms with Gasteiger partial charge in [-0.25, -0.2) is 4.98 Å². The van der Waals surface area contributed by atoms with Crippen LogP contribution in [-0.2, 0) is 13.1 Å². The van der Waals surface area contributed by atoms with Crippen LogP contribution >= 0.6 is 0 Å². The summed E-state index contributed by atoms with van der Waals surface area (Å²) in [6.07, 6.45) is 3.29. The molecule has 7 nitrogen and oxygen atoms in total. The number of aromatic amines is 1. The summed E-state index contributed by atoms with van der Waals surface area (Å²) in [7, 11) is 0. The molecule has 7 heteroatoms. The molecule has 108 valence electrons. The van der Waals surface area contributed by atoms with Crippen molar-refractivity contribution in [3.05, 3.63) is 59.9 Å². The Balaban J connectivity index is 1.77. The Hall–Kier alpha value is -2.54. The van der Waals surface area contributed by atoms with Gasteiger partial charge in [-0.2, -0.15) is 20.1 Å². The summed E-state index contributed by atoms with van der Waals surface area (Å²) in [5.41, 5.74) is 2.02. The second-order valence-corrected chi connectivity index (χ2v) is 4.62. The van der Waals surface area contributed by atoms with Crippen LogP contribution in [0.5, 0.6) is 0 Å². The lowest BCUT2D eigenvalue weighted by Gasteiger charge is -2.15. The molecule has 2 N–H and O–H groups in total. The second kappa shape index (κ2) is 6.27. The van der Waals surface area contributed by atoms with Gasteiger partial charge in [0.2, 0.25) is 0 Å². The van der Waals surface area contributed by atoms with Crippen molar-refractivity contribution < 1.29 is 0 Å². The largest absolute Gasteiger partial charge is 0.298 e. The molecule has 0 aliphatic heterocycles. The Labute approximate surface area is 122 Å². The zero-order valence-corrected chi connectivity index (χ0v) is 11.8. The molecule has 0 bridgehead atoms. The fourth-order valence-corrected chi connectivity index (χ4v) is 2.15. The highest BCUT2D eigenvalue weighted by molar-refractivity contribution is 5.24. The lowest BCUT2D eigenvalue weighted by atomic mass is 10.1. The van der Waals surface area contributed by atoms with Crippen LogP contribution in [0.15, 0.2) is 42.9 Å². The molecule has 1 atom stereocenters. The number of nitrogens with one attached hydrogen (secondary N) is 2. The van der Waals surface area contributed by atoms with Gasteiger partial charge in [0.15, 0.2) is 0 Å². The quantitative estimate of drug-likeness (QED) is 0.712. The van der Waals surface area contributed by atoms with E-state index in [1.54, 1.807) is 11.0 Å². The monoisotopic (exact) mass is 283 g/mol. The normalized spacial score (nSPS) is 12.4. The Morgan fingerprint density at radius 2 is 2.14 bits per heavy atom. The minimum Gasteiger partial charge on any atom is -0.298 e. The number of hydrogen-bond donors (Lipinski definition) is 2. The summed E-state index contributed by atoms with van der Waals surface area (Å²) in [4.78, 5) is 5.93. The standard InChI is InChI=1S/C14H17N7/c1-2-21-18-9-12(20-21)8-15-13(14-16-10-17-19-14)11-6-4-3-5-7-11/h3-7,9-10,13,15H,2,8H2,1H3,(H,16,17,19). The van der Waals surface area contributed by atoms with Crippen molar-refractivity contribution in [2.45, 2.75) is 26.1 Å². The molecule has 0 radical (unpaired) electrons. The van der Waals surface area contributed by atoms with Crippen molar-refractivity contribution in [2.24, 2.45) is 0 Å². The van der Waals surface area contributed by atoms with E-state index >= 15 is 0 Å². The van der Waals surface area contributed by atoms with Gasteiger partial charge in [-0.1, -0.05) is 30.3 Å². The van der Waals surface area contributed by atoms with Crippen molar-refractivity contribution >= 4 is 0 Å². The number of rotatable bonds is 6. The number of aromatic nitrogens is 6. The van der Waals surface area contributed by atoms with Crippen LogP contribution in [-0.4, -0.2) is 30.2 Å². The summed E-state index contributed by atoms with van der Waals surface area (Å²) in [5, 5.41) is 18.8. The van der Waals surface area contributed by atoms with E-state index in [9.17, 15) is 0 Å². The minimum absolute atomic E-state index is 0.0551. The Morgan fingerprint density at radius 3 is 2.81 bits per heavy atom. The summed E-state index contributed by atoms with van der Waals surface area (Å²) >= 11 is 0. The van der Waals surface area contributed by atoms with Crippen molar-refractivity contribution in [1.29, 1.82) is 0 Å². The second-order valence-electron chi connectivity index (χ2n) is 4.62. The van der Waals surface area contributed by atoms with Gasteiger partial charge in [0, 0.05) is 6.54 Å². The molecule has 2 heterocycles. The predicted octanol–water partition coefficient (Wildman–Crippen LogP) is 1.30. The number of aryl methyl sites for hydroxylation is 1. The molecule has 21 heavy (non-hydrogen) atoms. The number of nitrogens with zero attached hydrogens (tertiary/aromatic N) is 5. The molecule has 0 amide bonds. The van der Waals surface area contributed by atoms with Gasteiger partial charge >= 0.3 is 0 Å². The highest BCUT2D eigenvalue weighted by Gasteiger charge is 2.16. The minimum atomic E-state index is -0.0551. The molecular formula is C14H17N7. The summed E-state index contributed by atoms with van der Waals surface area (Å²) < 4.78 is 0. The predicted molar refractivity (Wildman–Crippen MR) is 77.2 cm³/mol. The van der Waals surface area contributed by atoms with Crippen LogP contribution in [0.25, 0.3) is 0 Å². The number of benzene rings is 1. The molecule has 3 rings (SSSR count).